The van der Waals surface area contributed by atoms with Gasteiger partial charge in [0.25, 0.3) is 5.56 Å². The molecule has 1 fully saturated rings. The number of rotatable bonds is 4. The summed E-state index contributed by atoms with van der Waals surface area (Å²) in [5, 5.41) is 9.77. The largest absolute Gasteiger partial charge is 2.00 e. The molecular weight excluding hydrogens is 447 g/mol. The van der Waals surface area contributed by atoms with Crippen LogP contribution in [0.3, 0.4) is 0 Å². The Kier molecular flexibility index (Phi) is 7.27. The van der Waals surface area contributed by atoms with E-state index in [-0.39, 0.29) is 61.7 Å². The molecule has 1 saturated heterocycles. The summed E-state index contributed by atoms with van der Waals surface area (Å²) in [7, 11) is -4.23. The van der Waals surface area contributed by atoms with E-state index in [4.69, 9.17) is 14.5 Å². The molecule has 1 aromatic heterocycles. The minimum Gasteiger partial charge on any atom is -0.390 e. The maximum absolute atomic E-state index is 13.2. The van der Waals surface area contributed by atoms with Gasteiger partial charge in [-0.2, -0.15) is 4.39 Å². The molecule has 0 amide bonds. The van der Waals surface area contributed by atoms with E-state index in [1.807, 2.05) is 0 Å². The molecule has 22 heavy (non-hydrogen) atoms. The molecule has 0 radical (unpaired) electrons. The van der Waals surface area contributed by atoms with Crippen molar-refractivity contribution in [3.63, 3.8) is 0 Å². The van der Waals surface area contributed by atoms with E-state index in [0.717, 1.165) is 4.57 Å². The Hall–Kier alpha value is 0.251. The summed E-state index contributed by atoms with van der Waals surface area (Å²) >= 11 is 0. The number of hydrogen-bond donors (Lipinski definition) is 4. The molecule has 0 aromatic carbocycles. The van der Waals surface area contributed by atoms with Crippen LogP contribution < -0.4 is 11.2 Å². The van der Waals surface area contributed by atoms with Crippen molar-refractivity contribution in [2.24, 2.45) is 0 Å². The van der Waals surface area contributed by atoms with Gasteiger partial charge < -0.3 is 19.6 Å². The van der Waals surface area contributed by atoms with Crippen LogP contribution in [-0.4, -0.2) is 91.7 Å². The van der Waals surface area contributed by atoms with Crippen LogP contribution in [0, 0.1) is 5.82 Å². The number of ether oxygens (including phenoxy) is 1. The number of nitrogens with one attached hydrogen (secondary N) is 1. The van der Waals surface area contributed by atoms with Crippen LogP contribution in [0.1, 0.15) is 19.1 Å². The third-order valence-electron chi connectivity index (χ3n) is 3.14. The third-order valence-corrected chi connectivity index (χ3v) is 3.98. The molecule has 0 aliphatic carbocycles. The molecule has 3 unspecified atom stereocenters. The molecule has 2 rings (SSSR count). The Labute approximate surface area is 163 Å². The minimum atomic E-state index is -4.23. The monoisotopic (exact) mass is 462 g/mol. The first-order valence-corrected chi connectivity index (χ1v) is 7.86. The second-order valence-electron chi connectivity index (χ2n) is 4.75. The van der Waals surface area contributed by atoms with Crippen LogP contribution in [0.25, 0.3) is 0 Å². The van der Waals surface area contributed by atoms with Gasteiger partial charge in [0.05, 0.1) is 24.6 Å². The Morgan fingerprint density at radius 2 is 2.09 bits per heavy atom. The zero-order valence-corrected chi connectivity index (χ0v) is 16.7. The summed E-state index contributed by atoms with van der Waals surface area (Å²) in [4.78, 5) is 41.8. The molecule has 1 aromatic rings. The molecule has 1 aliphatic heterocycles. The van der Waals surface area contributed by atoms with Crippen LogP contribution in [0.5, 0.6) is 0 Å². The molecule has 3 atom stereocenters. The zero-order valence-electron chi connectivity index (χ0n) is 11.4. The molecule has 0 saturated carbocycles. The van der Waals surface area contributed by atoms with E-state index < -0.39 is 49.3 Å². The van der Waals surface area contributed by atoms with Crippen LogP contribution >= 0.6 is 7.60 Å². The van der Waals surface area contributed by atoms with E-state index in [9.17, 15) is 23.7 Å². The van der Waals surface area contributed by atoms with Crippen molar-refractivity contribution < 1.29 is 28.6 Å². The van der Waals surface area contributed by atoms with Crippen molar-refractivity contribution in [1.29, 1.82) is 0 Å². The van der Waals surface area contributed by atoms with Crippen molar-refractivity contribution in [3.05, 3.63) is 32.9 Å². The van der Waals surface area contributed by atoms with E-state index >= 15 is 0 Å². The fourth-order valence-electron chi connectivity index (χ4n) is 2.12. The number of aromatic amines is 1. The normalized spacial score (nSPS) is 25.0. The second kappa shape index (κ2) is 7.88. The Morgan fingerprint density at radius 3 is 2.68 bits per heavy atom. The van der Waals surface area contributed by atoms with Gasteiger partial charge in [0.2, 0.25) is 5.82 Å². The van der Waals surface area contributed by atoms with E-state index in [0.29, 0.717) is 6.20 Å². The summed E-state index contributed by atoms with van der Waals surface area (Å²) < 4.78 is 30.1. The van der Waals surface area contributed by atoms with Gasteiger partial charge in [-0.3, -0.25) is 18.9 Å². The molecule has 0 spiro atoms. The minimum absolute atomic E-state index is 0. The van der Waals surface area contributed by atoms with Crippen LogP contribution in [0.2, 0.25) is 0 Å². The molecule has 4 N–H and O–H groups in total. The first kappa shape index (κ1) is 20.3. The number of H-pyrrole nitrogens is 1. The first-order chi connectivity index (χ1) is 9.67. The number of halogens is 1. The average Bonchev–Trinajstić information content (AvgIpc) is 2.72. The molecular formula is C10H14BaFN2O7P+2. The molecule has 9 nitrogen and oxygen atoms in total. The van der Waals surface area contributed by atoms with Gasteiger partial charge in [-0.25, -0.2) is 4.79 Å². The molecule has 0 bridgehead atoms. The van der Waals surface area contributed by atoms with Crippen molar-refractivity contribution >= 4 is 56.5 Å². The van der Waals surface area contributed by atoms with Gasteiger partial charge in [-0.15, -0.1) is 0 Å². The third kappa shape index (κ3) is 5.13. The summed E-state index contributed by atoms with van der Waals surface area (Å²) in [6.07, 6.45) is -2.92. The van der Waals surface area contributed by atoms with Crippen molar-refractivity contribution in [1.82, 2.24) is 9.55 Å². The van der Waals surface area contributed by atoms with Gasteiger partial charge in [0.15, 0.2) is 0 Å². The number of aliphatic hydroxyl groups excluding tert-OH is 1. The quantitative estimate of drug-likeness (QED) is 0.316. The maximum Gasteiger partial charge on any atom is 2.00 e. The topological polar surface area (TPSA) is 142 Å². The summed E-state index contributed by atoms with van der Waals surface area (Å²) in [5.41, 5.74) is -2.05. The standard InChI is InChI=1S/C10H14FN2O7P.Ba/c11-5-4-13(10(16)12-9(5)15)8-3-6(14)7(20-8)1-2-21(17,18)19;/h4,6-8,14H,1-3H2,(H,12,15,16)(H2,17,18,19);/q;+2. The van der Waals surface area contributed by atoms with Gasteiger partial charge in [-0.05, 0) is 6.42 Å². The van der Waals surface area contributed by atoms with Gasteiger partial charge in [-0.1, -0.05) is 0 Å². The fourth-order valence-corrected chi connectivity index (χ4v) is 2.71. The van der Waals surface area contributed by atoms with Crippen LogP contribution in [0.4, 0.5) is 4.39 Å². The summed E-state index contributed by atoms with van der Waals surface area (Å²) in [5.74, 6) is -1.17. The average molecular weight is 462 g/mol. The SMILES string of the molecule is O=c1[nH]c(=O)n(C2CC(O)C(CCP(=O)(O)O)O2)cc1F.[Ba+2]. The van der Waals surface area contributed by atoms with Gasteiger partial charge >= 0.3 is 62.2 Å². The van der Waals surface area contributed by atoms with Crippen molar-refractivity contribution in [3.8, 4) is 0 Å². The number of aromatic nitrogens is 2. The van der Waals surface area contributed by atoms with Crippen molar-refractivity contribution in [2.75, 3.05) is 6.16 Å². The van der Waals surface area contributed by atoms with E-state index in [1.54, 1.807) is 4.98 Å². The molecule has 1 aliphatic rings. The van der Waals surface area contributed by atoms with Gasteiger partial charge in [0.1, 0.15) is 6.23 Å². The van der Waals surface area contributed by atoms with E-state index in [2.05, 4.69) is 0 Å². The summed E-state index contributed by atoms with van der Waals surface area (Å²) in [6.45, 7) is 0. The Balaban J connectivity index is 0.00000242. The zero-order chi connectivity index (χ0) is 15.8. The Bertz CT molecular complexity index is 687. The van der Waals surface area contributed by atoms with E-state index in [1.165, 1.54) is 0 Å². The smallest absolute Gasteiger partial charge is 0.390 e. The predicted octanol–water partition coefficient (Wildman–Crippen LogP) is -1.49. The van der Waals surface area contributed by atoms with Crippen molar-refractivity contribution in [2.45, 2.75) is 31.3 Å². The van der Waals surface area contributed by atoms with Crippen LogP contribution in [-0.2, 0) is 9.30 Å². The predicted molar refractivity (Wildman–Crippen MR) is 73.1 cm³/mol. The van der Waals surface area contributed by atoms with Gasteiger partial charge in [0, 0.05) is 6.42 Å². The number of nitrogens with zero attached hydrogens (tertiary/aromatic N) is 1. The number of hydrogen-bond acceptors (Lipinski definition) is 5. The maximum atomic E-state index is 13.2. The summed E-state index contributed by atoms with van der Waals surface area (Å²) in [6, 6.07) is 0. The molecule has 118 valence electrons. The molecule has 12 heteroatoms. The second-order valence-corrected chi connectivity index (χ2v) is 6.53. The number of aliphatic hydroxyl groups is 1. The Morgan fingerprint density at radius 1 is 1.45 bits per heavy atom. The molecule has 2 heterocycles. The fraction of sp³-hybridized carbons (Fsp3) is 0.600. The first-order valence-electron chi connectivity index (χ1n) is 6.06. The van der Waals surface area contributed by atoms with Crippen LogP contribution in [0.15, 0.2) is 15.8 Å².